The molecule has 0 saturated heterocycles. The van der Waals surface area contributed by atoms with Crippen molar-refractivity contribution in [2.24, 2.45) is 0 Å². The highest BCUT2D eigenvalue weighted by atomic mass is 35.5. The summed E-state index contributed by atoms with van der Waals surface area (Å²) in [5.74, 6) is -0.243. The fraction of sp³-hybridized carbons (Fsp3) is 0.167. The zero-order chi connectivity index (χ0) is 18.8. The van der Waals surface area contributed by atoms with Crippen LogP contribution < -0.4 is 10.9 Å². The number of rotatable bonds is 4. The Balaban J connectivity index is 2.37. The first kappa shape index (κ1) is 17.9. The maximum atomic E-state index is 13.3. The lowest BCUT2D eigenvalue weighted by molar-refractivity contribution is 0.188. The fourth-order valence-electron chi connectivity index (χ4n) is 2.78. The molecule has 1 amide bonds. The molecule has 8 heteroatoms. The molecular weight excluding hydrogens is 361 g/mol. The van der Waals surface area contributed by atoms with Crippen molar-refractivity contribution in [1.82, 2.24) is 14.9 Å². The highest BCUT2D eigenvalue weighted by Crippen LogP contribution is 2.24. The zero-order valence-corrected chi connectivity index (χ0v) is 14.5. The summed E-state index contributed by atoms with van der Waals surface area (Å²) in [6.07, 6.45) is -0.866. The molecule has 0 saturated carbocycles. The third-order valence-electron chi connectivity index (χ3n) is 3.98. The van der Waals surface area contributed by atoms with Gasteiger partial charge in [0.05, 0.1) is 27.7 Å². The van der Waals surface area contributed by atoms with E-state index in [0.717, 1.165) is 0 Å². The molecule has 3 aromatic rings. The van der Waals surface area contributed by atoms with Gasteiger partial charge >= 0.3 is 6.09 Å². The van der Waals surface area contributed by atoms with Gasteiger partial charge < -0.3 is 10.4 Å². The van der Waals surface area contributed by atoms with Crippen LogP contribution in [0.2, 0.25) is 5.02 Å². The van der Waals surface area contributed by atoms with Crippen LogP contribution in [0.5, 0.6) is 0 Å². The standard InChI is InChI=1S/C18H15ClFN3O3/c1-2-13(22-18(25)26)16-21-14-5-3-4-12(19)15(14)17(24)23(16)11-8-6-10(20)7-9-11/h3-9,13,22H,2H2,1H3,(H,25,26). The van der Waals surface area contributed by atoms with Gasteiger partial charge in [-0.25, -0.2) is 14.2 Å². The van der Waals surface area contributed by atoms with Crippen LogP contribution in [-0.4, -0.2) is 20.8 Å². The minimum atomic E-state index is -1.23. The minimum absolute atomic E-state index is 0.210. The number of amides is 1. The molecule has 0 spiro atoms. The molecule has 1 atom stereocenters. The van der Waals surface area contributed by atoms with Crippen LogP contribution in [0.15, 0.2) is 47.3 Å². The molecule has 1 aromatic heterocycles. The van der Waals surface area contributed by atoms with Crippen LogP contribution in [0.4, 0.5) is 9.18 Å². The van der Waals surface area contributed by atoms with E-state index in [4.69, 9.17) is 16.7 Å². The third kappa shape index (κ3) is 3.25. The lowest BCUT2D eigenvalue weighted by atomic mass is 10.1. The van der Waals surface area contributed by atoms with E-state index in [-0.39, 0.29) is 16.2 Å². The quantitative estimate of drug-likeness (QED) is 0.724. The molecule has 0 aliphatic rings. The van der Waals surface area contributed by atoms with Gasteiger partial charge in [0.2, 0.25) is 0 Å². The van der Waals surface area contributed by atoms with E-state index in [9.17, 15) is 14.0 Å². The van der Waals surface area contributed by atoms with E-state index >= 15 is 0 Å². The van der Waals surface area contributed by atoms with Crippen molar-refractivity contribution in [3.05, 3.63) is 69.5 Å². The first-order valence-electron chi connectivity index (χ1n) is 7.89. The molecule has 2 aromatic carbocycles. The summed E-state index contributed by atoms with van der Waals surface area (Å²) in [6, 6.07) is 9.43. The van der Waals surface area contributed by atoms with Crippen molar-refractivity contribution in [2.45, 2.75) is 19.4 Å². The second kappa shape index (κ2) is 7.13. The number of fused-ring (bicyclic) bond motifs is 1. The van der Waals surface area contributed by atoms with Gasteiger partial charge in [0.15, 0.2) is 0 Å². The smallest absolute Gasteiger partial charge is 0.405 e. The molecular formula is C18H15ClFN3O3. The van der Waals surface area contributed by atoms with Crippen molar-refractivity contribution in [3.63, 3.8) is 0 Å². The number of halogens is 2. The van der Waals surface area contributed by atoms with Crippen molar-refractivity contribution < 1.29 is 14.3 Å². The maximum absolute atomic E-state index is 13.3. The van der Waals surface area contributed by atoms with E-state index in [1.165, 1.54) is 28.8 Å². The van der Waals surface area contributed by atoms with E-state index < -0.39 is 23.5 Å². The average Bonchev–Trinajstić information content (AvgIpc) is 2.60. The zero-order valence-electron chi connectivity index (χ0n) is 13.7. The van der Waals surface area contributed by atoms with Gasteiger partial charge in [-0.2, -0.15) is 0 Å². The molecule has 134 valence electrons. The molecule has 0 radical (unpaired) electrons. The average molecular weight is 376 g/mol. The van der Waals surface area contributed by atoms with E-state index in [2.05, 4.69) is 10.3 Å². The lowest BCUT2D eigenvalue weighted by Crippen LogP contribution is -2.33. The monoisotopic (exact) mass is 375 g/mol. The Morgan fingerprint density at radius 3 is 2.62 bits per heavy atom. The number of aromatic nitrogens is 2. The highest BCUT2D eigenvalue weighted by molar-refractivity contribution is 6.35. The van der Waals surface area contributed by atoms with Crippen LogP contribution in [0.1, 0.15) is 25.2 Å². The molecule has 1 heterocycles. The number of benzene rings is 2. The van der Waals surface area contributed by atoms with Gasteiger partial charge in [0.25, 0.3) is 5.56 Å². The molecule has 2 N–H and O–H groups in total. The van der Waals surface area contributed by atoms with Crippen LogP contribution in [0, 0.1) is 5.82 Å². The molecule has 6 nitrogen and oxygen atoms in total. The molecule has 0 aliphatic heterocycles. The first-order valence-corrected chi connectivity index (χ1v) is 8.26. The van der Waals surface area contributed by atoms with E-state index in [1.807, 2.05) is 0 Å². The summed E-state index contributed by atoms with van der Waals surface area (Å²) in [5.41, 5.74) is 0.278. The Kier molecular flexibility index (Phi) is 4.90. The van der Waals surface area contributed by atoms with E-state index in [0.29, 0.717) is 17.6 Å². The molecule has 0 fully saturated rings. The van der Waals surface area contributed by atoms with Gasteiger partial charge in [0.1, 0.15) is 11.6 Å². The Labute approximate surface area is 152 Å². The topological polar surface area (TPSA) is 84.2 Å². The summed E-state index contributed by atoms with van der Waals surface area (Å²) in [5, 5.41) is 11.9. The van der Waals surface area contributed by atoms with Crippen LogP contribution in [0.25, 0.3) is 16.6 Å². The highest BCUT2D eigenvalue weighted by Gasteiger charge is 2.22. The lowest BCUT2D eigenvalue weighted by Gasteiger charge is -2.20. The van der Waals surface area contributed by atoms with Gasteiger partial charge in [-0.3, -0.25) is 9.36 Å². The van der Waals surface area contributed by atoms with Crippen LogP contribution >= 0.6 is 11.6 Å². The van der Waals surface area contributed by atoms with Gasteiger partial charge in [-0.15, -0.1) is 0 Å². The Morgan fingerprint density at radius 2 is 2.00 bits per heavy atom. The van der Waals surface area contributed by atoms with Crippen molar-refractivity contribution >= 4 is 28.6 Å². The van der Waals surface area contributed by atoms with Gasteiger partial charge in [-0.1, -0.05) is 24.6 Å². The Morgan fingerprint density at radius 1 is 1.31 bits per heavy atom. The van der Waals surface area contributed by atoms with Gasteiger partial charge in [0, 0.05) is 0 Å². The van der Waals surface area contributed by atoms with Crippen LogP contribution in [0.3, 0.4) is 0 Å². The summed E-state index contributed by atoms with van der Waals surface area (Å²) < 4.78 is 14.6. The summed E-state index contributed by atoms with van der Waals surface area (Å²) in [4.78, 5) is 28.8. The number of hydrogen-bond donors (Lipinski definition) is 2. The molecule has 0 bridgehead atoms. The second-order valence-corrected chi connectivity index (χ2v) is 6.04. The number of nitrogens with one attached hydrogen (secondary N) is 1. The SMILES string of the molecule is CCC(NC(=O)O)c1nc2cccc(Cl)c2c(=O)n1-c1ccc(F)cc1. The molecule has 26 heavy (non-hydrogen) atoms. The molecule has 3 rings (SSSR count). The first-order chi connectivity index (χ1) is 12.4. The molecule has 0 aliphatic carbocycles. The number of hydrogen-bond acceptors (Lipinski definition) is 3. The van der Waals surface area contributed by atoms with Crippen molar-refractivity contribution in [3.8, 4) is 5.69 Å². The fourth-order valence-corrected chi connectivity index (χ4v) is 3.03. The summed E-state index contributed by atoms with van der Waals surface area (Å²) >= 11 is 6.17. The number of carbonyl (C=O) groups is 1. The largest absolute Gasteiger partial charge is 0.465 e. The third-order valence-corrected chi connectivity index (χ3v) is 4.29. The van der Waals surface area contributed by atoms with Crippen molar-refractivity contribution in [2.75, 3.05) is 0 Å². The molecule has 1 unspecified atom stereocenters. The number of carboxylic acid groups (broad SMARTS) is 1. The van der Waals surface area contributed by atoms with Crippen LogP contribution in [-0.2, 0) is 0 Å². The van der Waals surface area contributed by atoms with Crippen molar-refractivity contribution in [1.29, 1.82) is 0 Å². The second-order valence-electron chi connectivity index (χ2n) is 5.63. The van der Waals surface area contributed by atoms with Gasteiger partial charge in [-0.05, 0) is 42.8 Å². The summed E-state index contributed by atoms with van der Waals surface area (Å²) in [6.45, 7) is 1.77. The van der Waals surface area contributed by atoms with E-state index in [1.54, 1.807) is 25.1 Å². The Hall–Kier alpha value is -2.93. The normalized spacial score (nSPS) is 12.1. The summed E-state index contributed by atoms with van der Waals surface area (Å²) in [7, 11) is 0. The maximum Gasteiger partial charge on any atom is 0.405 e. The number of nitrogens with zero attached hydrogens (tertiary/aromatic N) is 2. The predicted molar refractivity (Wildman–Crippen MR) is 96.5 cm³/mol. The minimum Gasteiger partial charge on any atom is -0.465 e. The Bertz CT molecular complexity index is 1030. The predicted octanol–water partition coefficient (Wildman–Crippen LogP) is 3.90.